The lowest BCUT2D eigenvalue weighted by Gasteiger charge is -2.13. The first kappa shape index (κ1) is 20.6. The van der Waals surface area contributed by atoms with Crippen LogP contribution in [-0.4, -0.2) is 24.2 Å². The number of halogens is 2. The standard InChI is InChI=1S/C21H17Cl2N3O3/c1-28-19-10-15(11-25-26-21(27)16-3-2-8-24-12-16)9-18(23)20(19)29-13-14-4-6-17(22)7-5-14/h2-12H,13H2,1H3,(H,26,27)/b25-11-. The van der Waals surface area contributed by atoms with Crippen molar-refractivity contribution in [1.82, 2.24) is 10.4 Å². The number of nitrogens with one attached hydrogen (secondary N) is 1. The maximum atomic E-state index is 12.0. The number of carbonyl (C=O) groups excluding carboxylic acids is 1. The maximum Gasteiger partial charge on any atom is 0.272 e. The molecule has 0 bridgehead atoms. The summed E-state index contributed by atoms with van der Waals surface area (Å²) in [5.41, 5.74) is 4.42. The number of hydrogen-bond acceptors (Lipinski definition) is 5. The summed E-state index contributed by atoms with van der Waals surface area (Å²) in [6.45, 7) is 0.307. The monoisotopic (exact) mass is 429 g/mol. The minimum atomic E-state index is -0.365. The lowest BCUT2D eigenvalue weighted by Crippen LogP contribution is -2.17. The van der Waals surface area contributed by atoms with Crippen LogP contribution in [-0.2, 0) is 6.61 Å². The van der Waals surface area contributed by atoms with E-state index < -0.39 is 0 Å². The van der Waals surface area contributed by atoms with Crippen molar-refractivity contribution in [2.45, 2.75) is 6.61 Å². The molecular formula is C21H17Cl2N3O3. The minimum absolute atomic E-state index is 0.307. The molecular weight excluding hydrogens is 413 g/mol. The van der Waals surface area contributed by atoms with Crippen LogP contribution in [0.1, 0.15) is 21.5 Å². The Balaban J connectivity index is 1.68. The fourth-order valence-corrected chi connectivity index (χ4v) is 2.82. The predicted molar refractivity (Wildman–Crippen MR) is 113 cm³/mol. The summed E-state index contributed by atoms with van der Waals surface area (Å²) in [5.74, 6) is 0.502. The van der Waals surface area contributed by atoms with Crippen molar-refractivity contribution in [3.8, 4) is 11.5 Å². The van der Waals surface area contributed by atoms with Crippen LogP contribution in [0.25, 0.3) is 0 Å². The van der Waals surface area contributed by atoms with E-state index in [9.17, 15) is 4.79 Å². The zero-order chi connectivity index (χ0) is 20.6. The number of hydrogen-bond donors (Lipinski definition) is 1. The Kier molecular flexibility index (Phi) is 7.05. The van der Waals surface area contributed by atoms with E-state index in [-0.39, 0.29) is 5.91 Å². The summed E-state index contributed by atoms with van der Waals surface area (Å²) in [5, 5.41) is 4.96. The van der Waals surface area contributed by atoms with E-state index in [4.69, 9.17) is 32.7 Å². The maximum absolute atomic E-state index is 12.0. The molecule has 3 aromatic rings. The van der Waals surface area contributed by atoms with Gasteiger partial charge in [0.1, 0.15) is 6.61 Å². The van der Waals surface area contributed by atoms with Crippen LogP contribution >= 0.6 is 23.2 Å². The lowest BCUT2D eigenvalue weighted by atomic mass is 10.2. The van der Waals surface area contributed by atoms with Gasteiger partial charge < -0.3 is 9.47 Å². The molecule has 0 saturated heterocycles. The van der Waals surface area contributed by atoms with Crippen LogP contribution in [0.15, 0.2) is 66.0 Å². The molecule has 0 aliphatic carbocycles. The number of benzene rings is 2. The first-order valence-electron chi connectivity index (χ1n) is 8.55. The second-order valence-corrected chi connectivity index (χ2v) is 6.73. The molecule has 1 N–H and O–H groups in total. The van der Waals surface area contributed by atoms with E-state index in [0.717, 1.165) is 5.56 Å². The van der Waals surface area contributed by atoms with E-state index in [0.29, 0.717) is 39.3 Å². The highest BCUT2D eigenvalue weighted by molar-refractivity contribution is 6.32. The van der Waals surface area contributed by atoms with Crippen molar-refractivity contribution in [3.05, 3.63) is 87.7 Å². The van der Waals surface area contributed by atoms with Crippen molar-refractivity contribution in [2.24, 2.45) is 5.10 Å². The summed E-state index contributed by atoms with van der Waals surface area (Å²) in [6.07, 6.45) is 4.51. The Morgan fingerprint density at radius 3 is 2.69 bits per heavy atom. The van der Waals surface area contributed by atoms with Gasteiger partial charge in [-0.2, -0.15) is 5.10 Å². The number of aromatic nitrogens is 1. The van der Waals surface area contributed by atoms with Gasteiger partial charge in [0.25, 0.3) is 5.91 Å². The zero-order valence-electron chi connectivity index (χ0n) is 15.4. The van der Waals surface area contributed by atoms with Crippen molar-refractivity contribution in [3.63, 3.8) is 0 Å². The van der Waals surface area contributed by atoms with Gasteiger partial charge in [0.05, 0.1) is 23.9 Å². The number of hydrazone groups is 1. The smallest absolute Gasteiger partial charge is 0.272 e. The second kappa shape index (κ2) is 9.91. The molecule has 6 nitrogen and oxygen atoms in total. The second-order valence-electron chi connectivity index (χ2n) is 5.89. The third kappa shape index (κ3) is 5.70. The quantitative estimate of drug-likeness (QED) is 0.434. The van der Waals surface area contributed by atoms with Gasteiger partial charge in [0, 0.05) is 17.4 Å². The highest BCUT2D eigenvalue weighted by atomic mass is 35.5. The van der Waals surface area contributed by atoms with Crippen molar-refractivity contribution < 1.29 is 14.3 Å². The summed E-state index contributed by atoms with van der Waals surface area (Å²) in [6, 6.07) is 14.0. The number of carbonyl (C=O) groups is 1. The van der Waals surface area contributed by atoms with Gasteiger partial charge in [-0.25, -0.2) is 5.43 Å². The molecule has 0 atom stereocenters. The molecule has 1 amide bonds. The summed E-state index contributed by atoms with van der Waals surface area (Å²) in [4.78, 5) is 15.9. The molecule has 2 aromatic carbocycles. The Bertz CT molecular complexity index is 1010. The molecule has 0 spiro atoms. The predicted octanol–water partition coefficient (Wildman–Crippen LogP) is 4.74. The van der Waals surface area contributed by atoms with E-state index >= 15 is 0 Å². The van der Waals surface area contributed by atoms with Crippen molar-refractivity contribution in [1.29, 1.82) is 0 Å². The highest BCUT2D eigenvalue weighted by Gasteiger charge is 2.12. The van der Waals surface area contributed by atoms with Crippen LogP contribution in [0.3, 0.4) is 0 Å². The van der Waals surface area contributed by atoms with Crippen LogP contribution < -0.4 is 14.9 Å². The molecule has 1 aromatic heterocycles. The first-order chi connectivity index (χ1) is 14.1. The Hall–Kier alpha value is -3.09. The van der Waals surface area contributed by atoms with Crippen LogP contribution in [0.5, 0.6) is 11.5 Å². The average Bonchev–Trinajstić information content (AvgIpc) is 2.74. The van der Waals surface area contributed by atoms with Crippen LogP contribution in [0.4, 0.5) is 0 Å². The Morgan fingerprint density at radius 2 is 2.00 bits per heavy atom. The molecule has 29 heavy (non-hydrogen) atoms. The van der Waals surface area contributed by atoms with Crippen LogP contribution in [0, 0.1) is 0 Å². The van der Waals surface area contributed by atoms with Gasteiger partial charge in [-0.1, -0.05) is 35.3 Å². The zero-order valence-corrected chi connectivity index (χ0v) is 16.9. The summed E-state index contributed by atoms with van der Waals surface area (Å²) < 4.78 is 11.2. The number of pyridine rings is 1. The normalized spacial score (nSPS) is 10.7. The minimum Gasteiger partial charge on any atom is -0.493 e. The largest absolute Gasteiger partial charge is 0.493 e. The molecule has 0 saturated carbocycles. The number of rotatable bonds is 7. The fourth-order valence-electron chi connectivity index (χ4n) is 2.42. The van der Waals surface area contributed by atoms with Gasteiger partial charge in [-0.15, -0.1) is 0 Å². The first-order valence-corrected chi connectivity index (χ1v) is 9.30. The number of nitrogens with zero attached hydrogens (tertiary/aromatic N) is 2. The molecule has 1 heterocycles. The topological polar surface area (TPSA) is 72.8 Å². The van der Waals surface area contributed by atoms with E-state index in [2.05, 4.69) is 15.5 Å². The molecule has 0 unspecified atom stereocenters. The SMILES string of the molecule is COc1cc(/C=N\NC(=O)c2cccnc2)cc(Cl)c1OCc1ccc(Cl)cc1. The number of methoxy groups -OCH3 is 1. The van der Waals surface area contributed by atoms with E-state index in [1.54, 1.807) is 42.6 Å². The molecule has 148 valence electrons. The van der Waals surface area contributed by atoms with Gasteiger partial charge >= 0.3 is 0 Å². The number of ether oxygens (including phenoxy) is 2. The Labute approximate surface area is 178 Å². The third-order valence-electron chi connectivity index (χ3n) is 3.85. The lowest BCUT2D eigenvalue weighted by molar-refractivity contribution is 0.0955. The van der Waals surface area contributed by atoms with Crippen molar-refractivity contribution in [2.75, 3.05) is 7.11 Å². The fraction of sp³-hybridized carbons (Fsp3) is 0.0952. The Morgan fingerprint density at radius 1 is 1.21 bits per heavy atom. The van der Waals surface area contributed by atoms with E-state index in [1.165, 1.54) is 19.5 Å². The van der Waals surface area contributed by atoms with Crippen LogP contribution in [0.2, 0.25) is 10.0 Å². The third-order valence-corrected chi connectivity index (χ3v) is 4.38. The average molecular weight is 430 g/mol. The van der Waals surface area contributed by atoms with Gasteiger partial charge in [-0.3, -0.25) is 9.78 Å². The molecule has 3 rings (SSSR count). The molecule has 0 aliphatic heterocycles. The molecule has 8 heteroatoms. The van der Waals surface area contributed by atoms with Gasteiger partial charge in [0.2, 0.25) is 0 Å². The number of amides is 1. The molecule has 0 radical (unpaired) electrons. The summed E-state index contributed by atoms with van der Waals surface area (Å²) in [7, 11) is 1.52. The van der Waals surface area contributed by atoms with E-state index in [1.807, 2.05) is 12.1 Å². The summed E-state index contributed by atoms with van der Waals surface area (Å²) >= 11 is 12.3. The van der Waals surface area contributed by atoms with Gasteiger partial charge in [0.15, 0.2) is 11.5 Å². The molecule has 0 aliphatic rings. The highest BCUT2D eigenvalue weighted by Crippen LogP contribution is 2.36. The molecule has 0 fully saturated rings. The van der Waals surface area contributed by atoms with Crippen molar-refractivity contribution >= 4 is 35.3 Å². The van der Waals surface area contributed by atoms with Gasteiger partial charge in [-0.05, 0) is 47.5 Å².